The number of hydrogen-bond acceptors (Lipinski definition) is 0. The average Bonchev–Trinajstić information content (AvgIpc) is 2.98. The average molecular weight is 280 g/mol. The summed E-state index contributed by atoms with van der Waals surface area (Å²) >= 11 is 0. The van der Waals surface area contributed by atoms with Crippen LogP contribution in [-0.2, 0) is 7.05 Å². The van der Waals surface area contributed by atoms with Gasteiger partial charge in [-0.05, 0) is 62.3 Å². The molecule has 1 fully saturated rings. The second-order valence-corrected chi connectivity index (χ2v) is 6.69. The third-order valence-corrected chi connectivity index (χ3v) is 5.11. The molecule has 0 spiro atoms. The van der Waals surface area contributed by atoms with E-state index in [1.165, 1.54) is 59.2 Å². The fourth-order valence-electron chi connectivity index (χ4n) is 3.58. The summed E-state index contributed by atoms with van der Waals surface area (Å²) in [6, 6.07) is 9.42. The maximum absolute atomic E-state index is 2.44. The lowest BCUT2D eigenvalue weighted by molar-refractivity contribution is -0.660. The zero-order valence-corrected chi connectivity index (χ0v) is 13.7. The van der Waals surface area contributed by atoms with E-state index in [2.05, 4.69) is 62.8 Å². The summed E-state index contributed by atoms with van der Waals surface area (Å²) in [4.78, 5) is 0. The summed E-state index contributed by atoms with van der Waals surface area (Å²) in [5.41, 5.74) is 8.35. The molecule has 21 heavy (non-hydrogen) atoms. The molecular formula is C20H26N+. The van der Waals surface area contributed by atoms with E-state index >= 15 is 0 Å². The Morgan fingerprint density at radius 1 is 0.905 bits per heavy atom. The Hall–Kier alpha value is -1.63. The van der Waals surface area contributed by atoms with Gasteiger partial charge in [-0.2, -0.15) is 0 Å². The number of rotatable bonds is 2. The Balaban J connectivity index is 2.09. The van der Waals surface area contributed by atoms with Crippen molar-refractivity contribution in [3.8, 4) is 11.3 Å². The van der Waals surface area contributed by atoms with Crippen LogP contribution in [0.3, 0.4) is 0 Å². The molecule has 1 saturated carbocycles. The lowest BCUT2D eigenvalue weighted by atomic mass is 9.92. The number of aromatic nitrogens is 1. The summed E-state index contributed by atoms with van der Waals surface area (Å²) in [6.45, 7) is 6.61. The van der Waals surface area contributed by atoms with Crippen LogP contribution in [0.5, 0.6) is 0 Å². The molecule has 2 aromatic rings. The molecule has 1 nitrogen and oxygen atoms in total. The van der Waals surface area contributed by atoms with Crippen LogP contribution in [0.4, 0.5) is 0 Å². The van der Waals surface area contributed by atoms with Gasteiger partial charge < -0.3 is 0 Å². The Labute approximate surface area is 128 Å². The van der Waals surface area contributed by atoms with E-state index in [1.807, 2.05) is 0 Å². The molecule has 0 saturated heterocycles. The second kappa shape index (κ2) is 5.63. The molecule has 0 unspecified atom stereocenters. The van der Waals surface area contributed by atoms with Crippen LogP contribution in [-0.4, -0.2) is 0 Å². The van der Waals surface area contributed by atoms with Gasteiger partial charge in [0.05, 0.1) is 0 Å². The number of nitrogens with zero attached hydrogens (tertiary/aromatic N) is 1. The Bertz CT molecular complexity index is 664. The zero-order chi connectivity index (χ0) is 15.0. The molecule has 1 heterocycles. The quantitative estimate of drug-likeness (QED) is 0.698. The number of aryl methyl sites for hydroxylation is 4. The molecule has 1 aliphatic rings. The van der Waals surface area contributed by atoms with Crippen molar-refractivity contribution < 1.29 is 4.57 Å². The van der Waals surface area contributed by atoms with Crippen LogP contribution < -0.4 is 4.57 Å². The molecule has 0 amide bonds. The van der Waals surface area contributed by atoms with Gasteiger partial charge in [-0.25, -0.2) is 4.57 Å². The van der Waals surface area contributed by atoms with Crippen LogP contribution in [0.25, 0.3) is 11.3 Å². The molecule has 3 rings (SSSR count). The largest absolute Gasteiger partial charge is 0.212 e. The van der Waals surface area contributed by atoms with Gasteiger partial charge in [0.1, 0.15) is 7.05 Å². The highest BCUT2D eigenvalue weighted by Gasteiger charge is 2.20. The third-order valence-electron chi connectivity index (χ3n) is 5.11. The molecule has 0 atom stereocenters. The van der Waals surface area contributed by atoms with E-state index in [4.69, 9.17) is 0 Å². The fourth-order valence-corrected chi connectivity index (χ4v) is 3.58. The lowest BCUT2D eigenvalue weighted by Crippen LogP contribution is -2.31. The smallest absolute Gasteiger partial charge is 0.201 e. The van der Waals surface area contributed by atoms with Gasteiger partial charge in [0.2, 0.25) is 5.69 Å². The molecule has 0 N–H and O–H groups in total. The first-order valence-corrected chi connectivity index (χ1v) is 8.14. The van der Waals surface area contributed by atoms with E-state index in [0.29, 0.717) is 0 Å². The van der Waals surface area contributed by atoms with Crippen LogP contribution in [0, 0.1) is 20.8 Å². The van der Waals surface area contributed by atoms with Crippen LogP contribution in [0.1, 0.15) is 53.9 Å². The highest BCUT2D eigenvalue weighted by atomic mass is 14.9. The maximum atomic E-state index is 2.44. The standard InChI is InChI=1S/C20H26N/c1-14-9-10-18(17-7-5-6-8-17)12-19(14)20-11-15(2)16(3)13-21(20)4/h9-13,17H,5-8H2,1-4H3/q+1. The van der Waals surface area contributed by atoms with E-state index in [0.717, 1.165) is 5.92 Å². The van der Waals surface area contributed by atoms with Gasteiger partial charge in [-0.1, -0.05) is 25.0 Å². The normalized spacial score (nSPS) is 15.6. The lowest BCUT2D eigenvalue weighted by Gasteiger charge is -2.13. The molecule has 0 bridgehead atoms. The Kier molecular flexibility index (Phi) is 3.84. The molecule has 1 aromatic heterocycles. The van der Waals surface area contributed by atoms with E-state index in [-0.39, 0.29) is 0 Å². The minimum atomic E-state index is 0.779. The van der Waals surface area contributed by atoms with Crippen molar-refractivity contribution in [2.24, 2.45) is 7.05 Å². The van der Waals surface area contributed by atoms with Gasteiger partial charge in [0.25, 0.3) is 0 Å². The van der Waals surface area contributed by atoms with E-state index in [1.54, 1.807) is 0 Å². The summed E-state index contributed by atoms with van der Waals surface area (Å²) < 4.78 is 2.27. The molecule has 0 aliphatic heterocycles. The highest BCUT2D eigenvalue weighted by molar-refractivity contribution is 5.63. The van der Waals surface area contributed by atoms with Crippen LogP contribution in [0.2, 0.25) is 0 Å². The van der Waals surface area contributed by atoms with Crippen molar-refractivity contribution in [3.63, 3.8) is 0 Å². The topological polar surface area (TPSA) is 3.88 Å². The fraction of sp³-hybridized carbons (Fsp3) is 0.450. The summed E-state index contributed by atoms with van der Waals surface area (Å²) in [5.74, 6) is 0.779. The van der Waals surface area contributed by atoms with Crippen LogP contribution >= 0.6 is 0 Å². The summed E-state index contributed by atoms with van der Waals surface area (Å²) in [5, 5.41) is 0. The molecule has 0 radical (unpaired) electrons. The molecule has 110 valence electrons. The summed E-state index contributed by atoms with van der Waals surface area (Å²) in [7, 11) is 2.16. The highest BCUT2D eigenvalue weighted by Crippen LogP contribution is 2.36. The SMILES string of the molecule is Cc1cc(-c2cc(C3CCCC3)ccc2C)[n+](C)cc1C. The van der Waals surface area contributed by atoms with E-state index in [9.17, 15) is 0 Å². The number of benzene rings is 1. The number of hydrogen-bond donors (Lipinski definition) is 0. The van der Waals surface area contributed by atoms with Gasteiger partial charge in [-0.15, -0.1) is 0 Å². The third kappa shape index (κ3) is 2.74. The van der Waals surface area contributed by atoms with Gasteiger partial charge >= 0.3 is 0 Å². The van der Waals surface area contributed by atoms with Gasteiger partial charge in [0.15, 0.2) is 6.20 Å². The van der Waals surface area contributed by atoms with E-state index < -0.39 is 0 Å². The zero-order valence-electron chi connectivity index (χ0n) is 13.7. The Morgan fingerprint density at radius 2 is 1.62 bits per heavy atom. The van der Waals surface area contributed by atoms with Crippen molar-refractivity contribution in [3.05, 3.63) is 52.7 Å². The monoisotopic (exact) mass is 280 g/mol. The van der Waals surface area contributed by atoms with Crippen molar-refractivity contribution in [2.45, 2.75) is 52.4 Å². The molecular weight excluding hydrogens is 254 g/mol. The predicted octanol–water partition coefficient (Wildman–Crippen LogP) is 4.76. The second-order valence-electron chi connectivity index (χ2n) is 6.69. The molecule has 1 aromatic carbocycles. The molecule has 1 aliphatic carbocycles. The van der Waals surface area contributed by atoms with Crippen molar-refractivity contribution in [1.82, 2.24) is 0 Å². The predicted molar refractivity (Wildman–Crippen MR) is 88.5 cm³/mol. The van der Waals surface area contributed by atoms with Crippen molar-refractivity contribution >= 4 is 0 Å². The first kappa shape index (κ1) is 14.3. The maximum Gasteiger partial charge on any atom is 0.212 e. The van der Waals surface area contributed by atoms with Crippen molar-refractivity contribution in [2.75, 3.05) is 0 Å². The minimum absolute atomic E-state index is 0.779. The van der Waals surface area contributed by atoms with Gasteiger partial charge in [-0.3, -0.25) is 0 Å². The van der Waals surface area contributed by atoms with Crippen molar-refractivity contribution in [1.29, 1.82) is 0 Å². The molecule has 1 heteroatoms. The first-order valence-electron chi connectivity index (χ1n) is 8.14. The summed E-state index contributed by atoms with van der Waals surface area (Å²) in [6.07, 6.45) is 7.76. The van der Waals surface area contributed by atoms with Crippen LogP contribution in [0.15, 0.2) is 30.5 Å². The van der Waals surface area contributed by atoms with Gasteiger partial charge in [0, 0.05) is 17.2 Å². The number of pyridine rings is 1. The minimum Gasteiger partial charge on any atom is -0.201 e. The first-order chi connectivity index (χ1) is 10.1. The Morgan fingerprint density at radius 3 is 2.33 bits per heavy atom.